The molecule has 0 spiro atoms. The molecule has 2 aromatic carbocycles. The average molecular weight is 311 g/mol. The van der Waals surface area contributed by atoms with Crippen LogP contribution in [0.2, 0.25) is 10.0 Å². The van der Waals surface area contributed by atoms with Crippen LogP contribution in [0, 0.1) is 0 Å². The van der Waals surface area contributed by atoms with Crippen molar-refractivity contribution in [1.82, 2.24) is 0 Å². The van der Waals surface area contributed by atoms with Crippen molar-refractivity contribution in [2.24, 2.45) is 0 Å². The van der Waals surface area contributed by atoms with E-state index in [2.05, 4.69) is 0 Å². The fourth-order valence-corrected chi connectivity index (χ4v) is 2.67. The van der Waals surface area contributed by atoms with E-state index in [0.717, 1.165) is 5.56 Å². The van der Waals surface area contributed by atoms with Crippen LogP contribution < -0.4 is 9.47 Å². The number of hydrogen-bond acceptors (Lipinski definition) is 3. The minimum Gasteiger partial charge on any atom is -0.454 e. The Bertz CT molecular complexity index is 643. The molecule has 104 valence electrons. The smallest absolute Gasteiger partial charge is 0.231 e. The van der Waals surface area contributed by atoms with Crippen LogP contribution in [0.3, 0.4) is 0 Å². The topological polar surface area (TPSA) is 38.7 Å². The van der Waals surface area contributed by atoms with Gasteiger partial charge in [-0.15, -0.1) is 0 Å². The summed E-state index contributed by atoms with van der Waals surface area (Å²) >= 11 is 12.0. The number of aliphatic hydroxyl groups is 1. The van der Waals surface area contributed by atoms with Crippen molar-refractivity contribution < 1.29 is 14.6 Å². The number of benzene rings is 2. The highest BCUT2D eigenvalue weighted by Gasteiger charge is 2.21. The highest BCUT2D eigenvalue weighted by Crippen LogP contribution is 2.41. The van der Waals surface area contributed by atoms with E-state index in [1.807, 2.05) is 18.2 Å². The molecule has 3 rings (SSSR count). The number of rotatable bonds is 3. The summed E-state index contributed by atoms with van der Waals surface area (Å²) in [5.41, 5.74) is 1.65. The Balaban J connectivity index is 1.84. The van der Waals surface area contributed by atoms with Crippen molar-refractivity contribution in [2.75, 3.05) is 6.79 Å². The first-order valence-corrected chi connectivity index (χ1v) is 6.90. The Morgan fingerprint density at radius 2 is 2.00 bits per heavy atom. The second kappa shape index (κ2) is 5.52. The van der Waals surface area contributed by atoms with E-state index in [0.29, 0.717) is 33.5 Å². The molecule has 1 unspecified atom stereocenters. The van der Waals surface area contributed by atoms with E-state index in [4.69, 9.17) is 32.7 Å². The van der Waals surface area contributed by atoms with E-state index < -0.39 is 6.10 Å². The van der Waals surface area contributed by atoms with E-state index in [1.165, 1.54) is 0 Å². The van der Waals surface area contributed by atoms with Crippen molar-refractivity contribution in [3.63, 3.8) is 0 Å². The molecular weight excluding hydrogens is 299 g/mol. The zero-order valence-corrected chi connectivity index (χ0v) is 12.0. The van der Waals surface area contributed by atoms with Gasteiger partial charge in [0.25, 0.3) is 0 Å². The molecule has 0 saturated carbocycles. The molecule has 3 nitrogen and oxygen atoms in total. The van der Waals surface area contributed by atoms with E-state index in [1.54, 1.807) is 18.2 Å². The van der Waals surface area contributed by atoms with E-state index >= 15 is 0 Å². The van der Waals surface area contributed by atoms with Crippen LogP contribution in [0.25, 0.3) is 0 Å². The van der Waals surface area contributed by atoms with Gasteiger partial charge < -0.3 is 14.6 Å². The molecule has 1 aliphatic heterocycles. The second-order valence-electron chi connectivity index (χ2n) is 4.59. The van der Waals surface area contributed by atoms with Crippen LogP contribution >= 0.6 is 23.2 Å². The molecule has 1 atom stereocenters. The van der Waals surface area contributed by atoms with Crippen molar-refractivity contribution in [1.29, 1.82) is 0 Å². The van der Waals surface area contributed by atoms with Gasteiger partial charge in [0.2, 0.25) is 6.79 Å². The van der Waals surface area contributed by atoms with Gasteiger partial charge in [0, 0.05) is 11.4 Å². The first kappa shape index (κ1) is 13.6. The Labute approximate surface area is 126 Å². The Morgan fingerprint density at radius 1 is 1.15 bits per heavy atom. The number of hydrogen-bond donors (Lipinski definition) is 1. The summed E-state index contributed by atoms with van der Waals surface area (Å²) in [5.74, 6) is 1.10. The highest BCUT2D eigenvalue weighted by atomic mass is 35.5. The molecule has 1 heterocycles. The molecule has 1 aliphatic rings. The molecule has 5 heteroatoms. The summed E-state index contributed by atoms with van der Waals surface area (Å²) in [5, 5.41) is 11.4. The van der Waals surface area contributed by atoms with Gasteiger partial charge in [-0.3, -0.25) is 0 Å². The van der Waals surface area contributed by atoms with Crippen LogP contribution in [0.5, 0.6) is 11.5 Å². The Kier molecular flexibility index (Phi) is 3.74. The van der Waals surface area contributed by atoms with Crippen LogP contribution in [0.4, 0.5) is 0 Å². The first-order chi connectivity index (χ1) is 9.63. The van der Waals surface area contributed by atoms with Gasteiger partial charge in [0.15, 0.2) is 11.5 Å². The summed E-state index contributed by atoms with van der Waals surface area (Å²) in [6, 6.07) is 10.9. The van der Waals surface area contributed by atoms with Crippen molar-refractivity contribution in [3.8, 4) is 11.5 Å². The third-order valence-electron chi connectivity index (χ3n) is 3.15. The SMILES string of the molecule is OC(Cc1cccc(Cl)c1)c1cc(Cl)c2c(c1)OCO2. The Morgan fingerprint density at radius 3 is 2.80 bits per heavy atom. The predicted octanol–water partition coefficient (Wildman–Crippen LogP) is 4.00. The van der Waals surface area contributed by atoms with Gasteiger partial charge in [0.1, 0.15) is 0 Å². The molecule has 0 aliphatic carbocycles. The van der Waals surface area contributed by atoms with Crippen LogP contribution in [-0.4, -0.2) is 11.9 Å². The third-order valence-corrected chi connectivity index (χ3v) is 3.67. The fourth-order valence-electron chi connectivity index (χ4n) is 2.18. The molecule has 0 aromatic heterocycles. The molecule has 0 amide bonds. The molecule has 0 bridgehead atoms. The average Bonchev–Trinajstić information content (AvgIpc) is 2.87. The standard InChI is InChI=1S/C15H12Cl2O3/c16-11-3-1-2-9(4-11)5-13(18)10-6-12(17)15-14(7-10)19-8-20-15/h1-4,6-7,13,18H,5,8H2. The highest BCUT2D eigenvalue weighted by molar-refractivity contribution is 6.32. The number of fused-ring (bicyclic) bond motifs is 1. The maximum atomic E-state index is 10.3. The van der Waals surface area contributed by atoms with Gasteiger partial charge in [-0.25, -0.2) is 0 Å². The summed E-state index contributed by atoms with van der Waals surface area (Å²) in [4.78, 5) is 0. The molecule has 20 heavy (non-hydrogen) atoms. The molecule has 0 radical (unpaired) electrons. The van der Waals surface area contributed by atoms with Gasteiger partial charge in [-0.1, -0.05) is 35.3 Å². The minimum atomic E-state index is -0.680. The fraction of sp³-hybridized carbons (Fsp3) is 0.200. The lowest BCUT2D eigenvalue weighted by Crippen LogP contribution is -2.02. The van der Waals surface area contributed by atoms with Gasteiger partial charge in [-0.2, -0.15) is 0 Å². The molecule has 0 saturated heterocycles. The van der Waals surface area contributed by atoms with Gasteiger partial charge >= 0.3 is 0 Å². The second-order valence-corrected chi connectivity index (χ2v) is 5.43. The van der Waals surface area contributed by atoms with E-state index in [-0.39, 0.29) is 6.79 Å². The lowest BCUT2D eigenvalue weighted by Gasteiger charge is -2.13. The zero-order valence-electron chi connectivity index (χ0n) is 10.5. The van der Waals surface area contributed by atoms with Gasteiger partial charge in [-0.05, 0) is 35.4 Å². The van der Waals surface area contributed by atoms with E-state index in [9.17, 15) is 5.11 Å². The van der Waals surface area contributed by atoms with Crippen molar-refractivity contribution >= 4 is 23.2 Å². The Hall–Kier alpha value is -1.42. The van der Waals surface area contributed by atoms with Crippen molar-refractivity contribution in [3.05, 3.63) is 57.6 Å². The molecule has 1 N–H and O–H groups in total. The summed E-state index contributed by atoms with van der Waals surface area (Å²) in [6.45, 7) is 0.156. The molecule has 2 aromatic rings. The van der Waals surface area contributed by atoms with Crippen LogP contribution in [-0.2, 0) is 6.42 Å². The normalized spacial score (nSPS) is 14.3. The van der Waals surface area contributed by atoms with Crippen LogP contribution in [0.15, 0.2) is 36.4 Å². The van der Waals surface area contributed by atoms with Crippen LogP contribution in [0.1, 0.15) is 17.2 Å². The number of aliphatic hydroxyl groups excluding tert-OH is 1. The summed E-state index contributed by atoms with van der Waals surface area (Å²) in [6.07, 6.45) is -0.225. The monoisotopic (exact) mass is 310 g/mol. The third kappa shape index (κ3) is 2.70. The molecular formula is C15H12Cl2O3. The van der Waals surface area contributed by atoms with Crippen molar-refractivity contribution in [2.45, 2.75) is 12.5 Å². The zero-order chi connectivity index (χ0) is 14.1. The maximum Gasteiger partial charge on any atom is 0.231 e. The van der Waals surface area contributed by atoms with Gasteiger partial charge in [0.05, 0.1) is 11.1 Å². The maximum absolute atomic E-state index is 10.3. The quantitative estimate of drug-likeness (QED) is 0.931. The summed E-state index contributed by atoms with van der Waals surface area (Å²) in [7, 11) is 0. The minimum absolute atomic E-state index is 0.156. The lowest BCUT2D eigenvalue weighted by molar-refractivity contribution is 0.171. The summed E-state index contributed by atoms with van der Waals surface area (Å²) < 4.78 is 10.5. The molecule has 0 fully saturated rings. The predicted molar refractivity (Wildman–Crippen MR) is 77.7 cm³/mol. The first-order valence-electron chi connectivity index (χ1n) is 6.15. The largest absolute Gasteiger partial charge is 0.454 e. The lowest BCUT2D eigenvalue weighted by atomic mass is 10.0. The number of halogens is 2. The number of ether oxygens (including phenoxy) is 2.